The molecule has 0 fully saturated rings. The Kier molecular flexibility index (Phi) is 3.84. The van der Waals surface area contributed by atoms with Crippen molar-refractivity contribution in [2.45, 2.75) is 20.3 Å². The number of hydrogen-bond donors (Lipinski definition) is 2. The molecule has 124 valence electrons. The Bertz CT molecular complexity index is 953. The van der Waals surface area contributed by atoms with Gasteiger partial charge in [0.2, 0.25) is 11.9 Å². The van der Waals surface area contributed by atoms with Gasteiger partial charge in [0.15, 0.2) is 11.6 Å². The molecule has 2 heterocycles. The van der Waals surface area contributed by atoms with Crippen molar-refractivity contribution in [3.8, 4) is 0 Å². The summed E-state index contributed by atoms with van der Waals surface area (Å²) in [5, 5.41) is 6.55. The minimum absolute atomic E-state index is 0.000628. The number of rotatable bonds is 3. The summed E-state index contributed by atoms with van der Waals surface area (Å²) in [6.07, 6.45) is -0.000628. The second-order valence-electron chi connectivity index (χ2n) is 5.30. The van der Waals surface area contributed by atoms with Gasteiger partial charge in [0, 0.05) is 28.7 Å². The molecular formula is C15H14F2N6O. The van der Waals surface area contributed by atoms with Gasteiger partial charge in [-0.1, -0.05) is 0 Å². The molecule has 0 bridgehead atoms. The number of nitrogen functional groups attached to an aromatic ring is 1. The number of hydrogen-bond acceptors (Lipinski definition) is 5. The van der Waals surface area contributed by atoms with Crippen molar-refractivity contribution in [3.05, 3.63) is 46.8 Å². The Morgan fingerprint density at radius 2 is 2.00 bits per heavy atom. The van der Waals surface area contributed by atoms with E-state index >= 15 is 0 Å². The highest BCUT2D eigenvalue weighted by atomic mass is 19.2. The van der Waals surface area contributed by atoms with Crippen LogP contribution in [0.3, 0.4) is 0 Å². The fourth-order valence-electron chi connectivity index (χ4n) is 2.42. The number of benzene rings is 1. The van der Waals surface area contributed by atoms with Crippen LogP contribution >= 0.6 is 0 Å². The third-order valence-electron chi connectivity index (χ3n) is 3.61. The van der Waals surface area contributed by atoms with E-state index in [0.717, 1.165) is 12.1 Å². The van der Waals surface area contributed by atoms with Gasteiger partial charge in [0.25, 0.3) is 5.78 Å². The molecule has 9 heteroatoms. The lowest BCUT2D eigenvalue weighted by molar-refractivity contribution is -0.115. The average molecular weight is 332 g/mol. The summed E-state index contributed by atoms with van der Waals surface area (Å²) in [6, 6.07) is 3.16. The Labute approximate surface area is 135 Å². The largest absolute Gasteiger partial charge is 0.366 e. The Morgan fingerprint density at radius 3 is 2.71 bits per heavy atom. The van der Waals surface area contributed by atoms with Crippen LogP contribution in [0.25, 0.3) is 5.78 Å². The molecule has 0 aliphatic rings. The van der Waals surface area contributed by atoms with E-state index in [1.807, 2.05) is 0 Å². The lowest BCUT2D eigenvalue weighted by Gasteiger charge is -2.11. The maximum absolute atomic E-state index is 13.2. The van der Waals surface area contributed by atoms with Gasteiger partial charge in [-0.25, -0.2) is 13.8 Å². The molecule has 7 nitrogen and oxygen atoms in total. The molecule has 0 radical (unpaired) electrons. The summed E-state index contributed by atoms with van der Waals surface area (Å²) in [5.41, 5.74) is 7.70. The monoisotopic (exact) mass is 332 g/mol. The number of nitrogens with one attached hydrogen (secondary N) is 1. The molecule has 3 N–H and O–H groups in total. The number of carbonyl (C=O) groups excluding carboxylic acids is 1. The number of carbonyl (C=O) groups is 1. The van der Waals surface area contributed by atoms with Crippen molar-refractivity contribution < 1.29 is 13.6 Å². The SMILES string of the molecule is Cc1nc2nc(N)nn2c(C)c1CC(=O)Nc1ccc(F)c(F)c1. The third kappa shape index (κ3) is 2.87. The Morgan fingerprint density at radius 1 is 1.25 bits per heavy atom. The third-order valence-corrected chi connectivity index (χ3v) is 3.61. The molecule has 0 spiro atoms. The number of nitrogens with zero attached hydrogens (tertiary/aromatic N) is 4. The number of fused-ring (bicyclic) bond motifs is 1. The van der Waals surface area contributed by atoms with Crippen molar-refractivity contribution in [1.29, 1.82) is 0 Å². The van der Waals surface area contributed by atoms with E-state index < -0.39 is 11.6 Å². The molecule has 0 aliphatic carbocycles. The minimum atomic E-state index is -1.03. The van der Waals surface area contributed by atoms with E-state index in [2.05, 4.69) is 20.4 Å². The van der Waals surface area contributed by atoms with Crippen molar-refractivity contribution >= 4 is 23.3 Å². The number of aromatic nitrogens is 4. The van der Waals surface area contributed by atoms with Gasteiger partial charge in [-0.2, -0.15) is 9.50 Å². The van der Waals surface area contributed by atoms with E-state index in [4.69, 9.17) is 5.73 Å². The summed E-state index contributed by atoms with van der Waals surface area (Å²) in [6.45, 7) is 3.52. The number of halogens is 2. The molecule has 0 saturated carbocycles. The highest BCUT2D eigenvalue weighted by molar-refractivity contribution is 5.92. The normalized spacial score (nSPS) is 11.0. The molecule has 3 aromatic rings. The van der Waals surface area contributed by atoms with Gasteiger partial charge in [0.05, 0.1) is 6.42 Å². The number of nitrogens with two attached hydrogens (primary N) is 1. The van der Waals surface area contributed by atoms with Gasteiger partial charge in [-0.15, -0.1) is 5.10 Å². The van der Waals surface area contributed by atoms with Crippen LogP contribution in [0.15, 0.2) is 18.2 Å². The number of aryl methyl sites for hydroxylation is 2. The standard InChI is InChI=1S/C15H14F2N6O/c1-7-10(8(2)23-15(19-7)21-14(18)22-23)6-13(24)20-9-3-4-11(16)12(17)5-9/h3-5H,6H2,1-2H3,(H2,18,22)(H,20,24). The smallest absolute Gasteiger partial charge is 0.254 e. The summed E-state index contributed by atoms with van der Waals surface area (Å²) < 4.78 is 27.6. The topological polar surface area (TPSA) is 98.2 Å². The van der Waals surface area contributed by atoms with Gasteiger partial charge in [-0.05, 0) is 26.0 Å². The quantitative estimate of drug-likeness (QED) is 0.762. The molecule has 0 saturated heterocycles. The van der Waals surface area contributed by atoms with E-state index in [9.17, 15) is 13.6 Å². The van der Waals surface area contributed by atoms with Crippen LogP contribution in [0.2, 0.25) is 0 Å². The van der Waals surface area contributed by atoms with Crippen molar-refractivity contribution in [1.82, 2.24) is 19.6 Å². The lowest BCUT2D eigenvalue weighted by Crippen LogP contribution is -2.18. The second kappa shape index (κ2) is 5.84. The maximum Gasteiger partial charge on any atom is 0.254 e. The Hall–Kier alpha value is -3.10. The van der Waals surface area contributed by atoms with Crippen LogP contribution in [0, 0.1) is 25.5 Å². The fourth-order valence-corrected chi connectivity index (χ4v) is 2.42. The van der Waals surface area contributed by atoms with Gasteiger partial charge in [-0.3, -0.25) is 4.79 Å². The highest BCUT2D eigenvalue weighted by Gasteiger charge is 2.16. The van der Waals surface area contributed by atoms with Crippen LogP contribution in [0.5, 0.6) is 0 Å². The molecule has 0 atom stereocenters. The van der Waals surface area contributed by atoms with E-state index in [-0.39, 0.29) is 24.0 Å². The minimum Gasteiger partial charge on any atom is -0.366 e. The summed E-state index contributed by atoms with van der Waals surface area (Å²) in [7, 11) is 0. The van der Waals surface area contributed by atoms with Crippen LogP contribution in [0.1, 0.15) is 17.0 Å². The highest BCUT2D eigenvalue weighted by Crippen LogP contribution is 2.17. The molecule has 0 unspecified atom stereocenters. The van der Waals surface area contributed by atoms with Crippen molar-refractivity contribution in [2.75, 3.05) is 11.1 Å². The summed E-state index contributed by atoms with van der Waals surface area (Å²) in [4.78, 5) is 20.4. The van der Waals surface area contributed by atoms with Gasteiger partial charge >= 0.3 is 0 Å². The molecule has 3 rings (SSSR count). The first-order valence-corrected chi connectivity index (χ1v) is 7.08. The molecule has 2 aromatic heterocycles. The lowest BCUT2D eigenvalue weighted by atomic mass is 10.1. The summed E-state index contributed by atoms with van der Waals surface area (Å²) >= 11 is 0. The van der Waals surface area contributed by atoms with Gasteiger partial charge in [0.1, 0.15) is 0 Å². The molecule has 1 amide bonds. The van der Waals surface area contributed by atoms with Gasteiger partial charge < -0.3 is 11.1 Å². The molecular weight excluding hydrogens is 318 g/mol. The molecule has 0 aliphatic heterocycles. The zero-order chi connectivity index (χ0) is 17.4. The fraction of sp³-hybridized carbons (Fsp3) is 0.200. The number of amides is 1. The average Bonchev–Trinajstić information content (AvgIpc) is 2.88. The first-order valence-electron chi connectivity index (χ1n) is 7.08. The van der Waals surface area contributed by atoms with Crippen molar-refractivity contribution in [2.24, 2.45) is 0 Å². The number of anilines is 2. The summed E-state index contributed by atoms with van der Waals surface area (Å²) in [5.74, 6) is -1.94. The van der Waals surface area contributed by atoms with Crippen LogP contribution in [-0.2, 0) is 11.2 Å². The van der Waals surface area contributed by atoms with Crippen LogP contribution in [0.4, 0.5) is 20.4 Å². The predicted octanol–water partition coefficient (Wildman–Crippen LogP) is 1.78. The zero-order valence-corrected chi connectivity index (χ0v) is 13.0. The zero-order valence-electron chi connectivity index (χ0n) is 13.0. The van der Waals surface area contributed by atoms with Crippen LogP contribution < -0.4 is 11.1 Å². The molecule has 1 aromatic carbocycles. The van der Waals surface area contributed by atoms with Crippen LogP contribution in [-0.4, -0.2) is 25.5 Å². The Balaban J connectivity index is 1.86. The van der Waals surface area contributed by atoms with Crippen molar-refractivity contribution in [3.63, 3.8) is 0 Å². The predicted molar refractivity (Wildman–Crippen MR) is 83.4 cm³/mol. The first-order chi connectivity index (χ1) is 11.3. The van der Waals surface area contributed by atoms with E-state index in [0.29, 0.717) is 22.7 Å². The van der Waals surface area contributed by atoms with E-state index in [1.165, 1.54) is 10.6 Å². The second-order valence-corrected chi connectivity index (χ2v) is 5.30. The van der Waals surface area contributed by atoms with E-state index in [1.54, 1.807) is 13.8 Å². The maximum atomic E-state index is 13.2. The first kappa shape index (κ1) is 15.8. The molecule has 24 heavy (non-hydrogen) atoms.